The number of aliphatic hydroxyl groups is 1. The van der Waals surface area contributed by atoms with Crippen molar-refractivity contribution in [1.82, 2.24) is 4.90 Å². The Morgan fingerprint density at radius 1 is 1.43 bits per heavy atom. The van der Waals surface area contributed by atoms with Gasteiger partial charge in [-0.2, -0.15) is 0 Å². The first-order chi connectivity index (χ1) is 11.1. The summed E-state index contributed by atoms with van der Waals surface area (Å²) in [6, 6.07) is 5.70. The van der Waals surface area contributed by atoms with Gasteiger partial charge in [-0.1, -0.05) is 25.0 Å². The molecule has 4 heteroatoms. The summed E-state index contributed by atoms with van der Waals surface area (Å²) < 4.78 is 5.39. The summed E-state index contributed by atoms with van der Waals surface area (Å²) in [5.41, 5.74) is 1.50. The van der Waals surface area contributed by atoms with Gasteiger partial charge in [0.15, 0.2) is 0 Å². The Hall–Kier alpha value is -1.55. The van der Waals surface area contributed by atoms with Gasteiger partial charge in [-0.15, -0.1) is 0 Å². The lowest BCUT2D eigenvalue weighted by Gasteiger charge is -2.42. The zero-order valence-electron chi connectivity index (χ0n) is 14.2. The van der Waals surface area contributed by atoms with Gasteiger partial charge in [0.05, 0.1) is 19.3 Å². The minimum atomic E-state index is -0.106. The first-order valence-electron chi connectivity index (χ1n) is 8.62. The summed E-state index contributed by atoms with van der Waals surface area (Å²) in [5.74, 6) is 1.43. The first-order valence-corrected chi connectivity index (χ1v) is 8.62. The predicted octanol–water partition coefficient (Wildman–Crippen LogP) is 3.02. The molecule has 1 aliphatic heterocycles. The molecule has 0 spiro atoms. The maximum Gasteiger partial charge on any atom is 0.257 e. The van der Waals surface area contributed by atoms with Crippen LogP contribution in [0, 0.1) is 18.3 Å². The second-order valence-corrected chi connectivity index (χ2v) is 7.29. The Morgan fingerprint density at radius 3 is 2.87 bits per heavy atom. The molecule has 3 rings (SSSR count). The van der Waals surface area contributed by atoms with E-state index < -0.39 is 0 Å². The number of carbonyl (C=O) groups is 1. The number of carbonyl (C=O) groups excluding carboxylic acids is 1. The SMILES string of the molecule is COc1cccc(C)c1C(=O)N1CCCC(CO)(CC2CC2)C1. The average molecular weight is 317 g/mol. The van der Waals surface area contributed by atoms with E-state index in [9.17, 15) is 9.90 Å². The first kappa shape index (κ1) is 16.3. The summed E-state index contributed by atoms with van der Waals surface area (Å²) >= 11 is 0. The number of hydrogen-bond donors (Lipinski definition) is 1. The number of aryl methyl sites for hydroxylation is 1. The van der Waals surface area contributed by atoms with E-state index in [4.69, 9.17) is 4.74 Å². The molecule has 1 atom stereocenters. The second kappa shape index (κ2) is 6.52. The molecule has 2 aliphatic rings. The van der Waals surface area contributed by atoms with Crippen molar-refractivity contribution < 1.29 is 14.6 Å². The molecule has 2 fully saturated rings. The van der Waals surface area contributed by atoms with Crippen LogP contribution in [0.4, 0.5) is 0 Å². The van der Waals surface area contributed by atoms with Crippen LogP contribution >= 0.6 is 0 Å². The highest BCUT2D eigenvalue weighted by Crippen LogP contribution is 2.44. The van der Waals surface area contributed by atoms with E-state index in [0.29, 0.717) is 17.9 Å². The molecular formula is C19H27NO3. The number of amides is 1. The molecule has 1 aliphatic carbocycles. The van der Waals surface area contributed by atoms with Gasteiger partial charge in [-0.25, -0.2) is 0 Å². The van der Waals surface area contributed by atoms with Crippen molar-refractivity contribution in [2.24, 2.45) is 11.3 Å². The van der Waals surface area contributed by atoms with Gasteiger partial charge in [0.2, 0.25) is 0 Å². The Bertz CT molecular complexity index is 582. The average Bonchev–Trinajstić information content (AvgIpc) is 3.38. The third-order valence-corrected chi connectivity index (χ3v) is 5.37. The maximum absolute atomic E-state index is 13.1. The van der Waals surface area contributed by atoms with E-state index in [-0.39, 0.29) is 17.9 Å². The highest BCUT2D eigenvalue weighted by atomic mass is 16.5. The molecule has 1 saturated heterocycles. The van der Waals surface area contributed by atoms with Crippen molar-refractivity contribution in [1.29, 1.82) is 0 Å². The maximum atomic E-state index is 13.1. The fourth-order valence-electron chi connectivity index (χ4n) is 3.92. The summed E-state index contributed by atoms with van der Waals surface area (Å²) in [4.78, 5) is 15.0. The third kappa shape index (κ3) is 3.37. The molecule has 0 radical (unpaired) electrons. The Morgan fingerprint density at radius 2 is 2.22 bits per heavy atom. The Labute approximate surface area is 138 Å². The van der Waals surface area contributed by atoms with Crippen LogP contribution in [-0.4, -0.2) is 42.7 Å². The predicted molar refractivity (Wildman–Crippen MR) is 89.7 cm³/mol. The van der Waals surface area contributed by atoms with Crippen molar-refractivity contribution in [3.8, 4) is 5.75 Å². The number of likely N-dealkylation sites (tertiary alicyclic amines) is 1. The van der Waals surface area contributed by atoms with Crippen LogP contribution in [-0.2, 0) is 0 Å². The van der Waals surface area contributed by atoms with Gasteiger partial charge in [0, 0.05) is 18.5 Å². The van der Waals surface area contributed by atoms with Crippen LogP contribution in [0.25, 0.3) is 0 Å². The van der Waals surface area contributed by atoms with Crippen molar-refractivity contribution in [3.05, 3.63) is 29.3 Å². The number of rotatable bonds is 5. The van der Waals surface area contributed by atoms with E-state index >= 15 is 0 Å². The number of methoxy groups -OCH3 is 1. The van der Waals surface area contributed by atoms with E-state index in [1.165, 1.54) is 12.8 Å². The molecule has 1 aromatic carbocycles. The second-order valence-electron chi connectivity index (χ2n) is 7.29. The quantitative estimate of drug-likeness (QED) is 0.908. The molecule has 0 aromatic heterocycles. The van der Waals surface area contributed by atoms with Crippen LogP contribution in [0.3, 0.4) is 0 Å². The minimum Gasteiger partial charge on any atom is -0.496 e. The fraction of sp³-hybridized carbons (Fsp3) is 0.632. The van der Waals surface area contributed by atoms with Crippen molar-refractivity contribution >= 4 is 5.91 Å². The number of benzene rings is 1. The van der Waals surface area contributed by atoms with Crippen molar-refractivity contribution in [3.63, 3.8) is 0 Å². The smallest absolute Gasteiger partial charge is 0.257 e. The van der Waals surface area contributed by atoms with Crippen LogP contribution in [0.5, 0.6) is 5.75 Å². The molecule has 0 bridgehead atoms. The van der Waals surface area contributed by atoms with Crippen LogP contribution in [0.15, 0.2) is 18.2 Å². The highest BCUT2D eigenvalue weighted by Gasteiger charge is 2.41. The van der Waals surface area contributed by atoms with E-state index in [1.54, 1.807) is 7.11 Å². The van der Waals surface area contributed by atoms with E-state index in [2.05, 4.69) is 0 Å². The minimum absolute atomic E-state index is 0.0354. The van der Waals surface area contributed by atoms with Gasteiger partial charge in [-0.05, 0) is 43.7 Å². The van der Waals surface area contributed by atoms with E-state index in [0.717, 1.165) is 37.3 Å². The number of aliphatic hydroxyl groups excluding tert-OH is 1. The molecule has 4 nitrogen and oxygen atoms in total. The zero-order valence-corrected chi connectivity index (χ0v) is 14.2. The number of hydrogen-bond acceptors (Lipinski definition) is 3. The van der Waals surface area contributed by atoms with Crippen molar-refractivity contribution in [2.45, 2.75) is 39.0 Å². The zero-order chi connectivity index (χ0) is 16.4. The summed E-state index contributed by atoms with van der Waals surface area (Å²) in [6.45, 7) is 3.56. The lowest BCUT2D eigenvalue weighted by atomic mass is 9.76. The van der Waals surface area contributed by atoms with Crippen LogP contribution < -0.4 is 4.74 Å². The molecule has 23 heavy (non-hydrogen) atoms. The van der Waals surface area contributed by atoms with Gasteiger partial charge in [0.1, 0.15) is 5.75 Å². The monoisotopic (exact) mass is 317 g/mol. The highest BCUT2D eigenvalue weighted by molar-refractivity contribution is 5.98. The normalized spacial score (nSPS) is 24.6. The van der Waals surface area contributed by atoms with Gasteiger partial charge in [0.25, 0.3) is 5.91 Å². The summed E-state index contributed by atoms with van der Waals surface area (Å²) in [7, 11) is 1.60. The molecule has 1 heterocycles. The number of ether oxygens (including phenoxy) is 1. The van der Waals surface area contributed by atoms with Gasteiger partial charge < -0.3 is 14.7 Å². The Kier molecular flexibility index (Phi) is 4.62. The molecule has 126 valence electrons. The topological polar surface area (TPSA) is 49.8 Å². The molecule has 1 saturated carbocycles. The van der Waals surface area contributed by atoms with Crippen molar-refractivity contribution in [2.75, 3.05) is 26.8 Å². The summed E-state index contributed by atoms with van der Waals surface area (Å²) in [5, 5.41) is 9.98. The number of nitrogens with zero attached hydrogens (tertiary/aromatic N) is 1. The van der Waals surface area contributed by atoms with Crippen LogP contribution in [0.2, 0.25) is 0 Å². The van der Waals surface area contributed by atoms with Gasteiger partial charge in [-0.3, -0.25) is 4.79 Å². The lowest BCUT2D eigenvalue weighted by Crippen LogP contribution is -2.48. The van der Waals surface area contributed by atoms with Crippen LogP contribution in [0.1, 0.15) is 48.0 Å². The molecular weight excluding hydrogens is 290 g/mol. The molecule has 1 aromatic rings. The van der Waals surface area contributed by atoms with E-state index in [1.807, 2.05) is 30.0 Å². The standard InChI is InChI=1S/C19H27NO3/c1-14-5-3-6-16(23-2)17(14)18(22)20-10-4-9-19(12-20,13-21)11-15-7-8-15/h3,5-6,15,21H,4,7-13H2,1-2H3. The molecule has 1 amide bonds. The number of piperidine rings is 1. The Balaban J connectivity index is 1.82. The van der Waals surface area contributed by atoms with Gasteiger partial charge >= 0.3 is 0 Å². The summed E-state index contributed by atoms with van der Waals surface area (Å²) in [6.07, 6.45) is 5.60. The molecule has 1 N–H and O–H groups in total. The largest absolute Gasteiger partial charge is 0.496 e. The molecule has 1 unspecified atom stereocenters. The lowest BCUT2D eigenvalue weighted by molar-refractivity contribution is 0.0194. The fourth-order valence-corrected chi connectivity index (χ4v) is 3.92. The third-order valence-electron chi connectivity index (χ3n) is 5.37.